The zero-order valence-corrected chi connectivity index (χ0v) is 21.2. The Kier molecular flexibility index (Phi) is 8.07. The molecule has 0 saturated carbocycles. The predicted molar refractivity (Wildman–Crippen MR) is 143 cm³/mol. The highest BCUT2D eigenvalue weighted by molar-refractivity contribution is 7.98. The molecule has 4 rings (SSSR count). The normalized spacial score (nSPS) is 11.2. The van der Waals surface area contributed by atoms with Crippen molar-refractivity contribution in [1.82, 2.24) is 0 Å². The molecular weight excluding hydrogens is 495 g/mol. The van der Waals surface area contributed by atoms with E-state index in [1.54, 1.807) is 30.0 Å². The summed E-state index contributed by atoms with van der Waals surface area (Å²) < 4.78 is 41.2. The third-order valence-corrected chi connectivity index (χ3v) is 8.32. The van der Waals surface area contributed by atoms with E-state index in [-0.39, 0.29) is 10.6 Å². The maximum Gasteiger partial charge on any atom is 0.264 e. The standard InChI is InChI=1S/C28H25FN2O3S2/c1-21-18-22(20-35-25-8-4-2-5-9-25)12-17-27(21)30-28(32)19-31(24-15-13-23(29)14-16-24)36(33,34)26-10-6-3-7-11-26/h2-18H,19-20H2,1H3,(H,30,32). The topological polar surface area (TPSA) is 66.5 Å². The lowest BCUT2D eigenvalue weighted by Crippen LogP contribution is -2.38. The van der Waals surface area contributed by atoms with Gasteiger partial charge in [-0.1, -0.05) is 48.5 Å². The molecule has 184 valence electrons. The minimum atomic E-state index is -4.06. The quantitative estimate of drug-likeness (QED) is 0.265. The van der Waals surface area contributed by atoms with Gasteiger partial charge < -0.3 is 5.32 Å². The second-order valence-electron chi connectivity index (χ2n) is 8.10. The van der Waals surface area contributed by atoms with Crippen molar-refractivity contribution in [1.29, 1.82) is 0 Å². The van der Waals surface area contributed by atoms with Crippen LogP contribution < -0.4 is 9.62 Å². The van der Waals surface area contributed by atoms with Gasteiger partial charge in [-0.05, 0) is 72.6 Å². The Morgan fingerprint density at radius 3 is 2.17 bits per heavy atom. The molecule has 0 aromatic heterocycles. The average Bonchev–Trinajstić information content (AvgIpc) is 2.89. The maximum absolute atomic E-state index is 13.5. The second-order valence-corrected chi connectivity index (χ2v) is 11.0. The molecule has 0 saturated heterocycles. The van der Waals surface area contributed by atoms with Gasteiger partial charge in [-0.25, -0.2) is 12.8 Å². The number of benzene rings is 4. The number of hydrogen-bond acceptors (Lipinski definition) is 4. The number of thioether (sulfide) groups is 1. The van der Waals surface area contributed by atoms with Gasteiger partial charge in [0.2, 0.25) is 5.91 Å². The van der Waals surface area contributed by atoms with Crippen molar-refractivity contribution in [3.05, 3.63) is 120 Å². The number of sulfonamides is 1. The smallest absolute Gasteiger partial charge is 0.264 e. The molecule has 36 heavy (non-hydrogen) atoms. The zero-order chi connectivity index (χ0) is 25.5. The van der Waals surface area contributed by atoms with E-state index in [9.17, 15) is 17.6 Å². The summed E-state index contributed by atoms with van der Waals surface area (Å²) in [6.07, 6.45) is 0. The third kappa shape index (κ3) is 6.33. The first kappa shape index (κ1) is 25.5. The summed E-state index contributed by atoms with van der Waals surface area (Å²) in [7, 11) is -4.06. The maximum atomic E-state index is 13.5. The number of carbonyl (C=O) groups excluding carboxylic acids is 1. The Bertz CT molecular complexity index is 1430. The Morgan fingerprint density at radius 1 is 0.889 bits per heavy atom. The Morgan fingerprint density at radius 2 is 1.53 bits per heavy atom. The molecule has 0 aliphatic carbocycles. The van der Waals surface area contributed by atoms with Crippen LogP contribution in [0.15, 0.2) is 113 Å². The summed E-state index contributed by atoms with van der Waals surface area (Å²) in [6.45, 7) is 1.43. The van der Waals surface area contributed by atoms with Gasteiger partial charge in [0.25, 0.3) is 10.0 Å². The molecule has 1 N–H and O–H groups in total. The highest BCUT2D eigenvalue weighted by Crippen LogP contribution is 2.26. The Labute approximate surface area is 215 Å². The predicted octanol–water partition coefficient (Wildman–Crippen LogP) is 6.26. The molecule has 0 radical (unpaired) electrons. The van der Waals surface area contributed by atoms with Gasteiger partial charge in [0.15, 0.2) is 0 Å². The molecule has 0 atom stereocenters. The minimum Gasteiger partial charge on any atom is -0.324 e. The van der Waals surface area contributed by atoms with Crippen molar-refractivity contribution in [2.45, 2.75) is 22.5 Å². The van der Waals surface area contributed by atoms with Crippen LogP contribution in [0.5, 0.6) is 0 Å². The van der Waals surface area contributed by atoms with Crippen molar-refractivity contribution in [2.24, 2.45) is 0 Å². The van der Waals surface area contributed by atoms with Crippen LogP contribution in [-0.2, 0) is 20.6 Å². The van der Waals surface area contributed by atoms with Gasteiger partial charge in [-0.3, -0.25) is 9.10 Å². The fraction of sp³-hybridized carbons (Fsp3) is 0.107. The number of anilines is 2. The zero-order valence-electron chi connectivity index (χ0n) is 19.6. The summed E-state index contributed by atoms with van der Waals surface area (Å²) in [4.78, 5) is 14.2. The fourth-order valence-electron chi connectivity index (χ4n) is 3.60. The molecule has 4 aromatic carbocycles. The number of halogens is 1. The first-order chi connectivity index (χ1) is 17.3. The highest BCUT2D eigenvalue weighted by atomic mass is 32.2. The van der Waals surface area contributed by atoms with Crippen molar-refractivity contribution in [2.75, 3.05) is 16.2 Å². The number of hydrogen-bond donors (Lipinski definition) is 1. The van der Waals surface area contributed by atoms with Crippen LogP contribution in [0.4, 0.5) is 15.8 Å². The molecule has 4 aromatic rings. The monoisotopic (exact) mass is 520 g/mol. The van der Waals surface area contributed by atoms with Crippen molar-refractivity contribution >= 4 is 39.1 Å². The largest absolute Gasteiger partial charge is 0.324 e. The van der Waals surface area contributed by atoms with E-state index in [4.69, 9.17) is 0 Å². The summed E-state index contributed by atoms with van der Waals surface area (Å²) in [5.41, 5.74) is 2.78. The number of carbonyl (C=O) groups is 1. The van der Waals surface area contributed by atoms with E-state index in [1.807, 2.05) is 43.3 Å². The van der Waals surface area contributed by atoms with Crippen molar-refractivity contribution in [3.63, 3.8) is 0 Å². The third-order valence-electron chi connectivity index (χ3n) is 5.45. The number of rotatable bonds is 9. The lowest BCUT2D eigenvalue weighted by Gasteiger charge is -2.24. The molecule has 1 amide bonds. The van der Waals surface area contributed by atoms with Crippen LogP contribution in [-0.4, -0.2) is 20.9 Å². The molecular formula is C28H25FN2O3S2. The van der Waals surface area contributed by atoms with E-state index in [0.717, 1.165) is 33.3 Å². The highest BCUT2D eigenvalue weighted by Gasteiger charge is 2.27. The van der Waals surface area contributed by atoms with Crippen LogP contribution in [0.25, 0.3) is 0 Å². The van der Waals surface area contributed by atoms with Crippen LogP contribution in [0, 0.1) is 12.7 Å². The molecule has 0 fully saturated rings. The number of nitrogens with zero attached hydrogens (tertiary/aromatic N) is 1. The number of nitrogens with one attached hydrogen (secondary N) is 1. The van der Waals surface area contributed by atoms with Crippen LogP contribution in [0.2, 0.25) is 0 Å². The first-order valence-electron chi connectivity index (χ1n) is 11.2. The molecule has 0 spiro atoms. The van der Waals surface area contributed by atoms with E-state index < -0.39 is 28.3 Å². The molecule has 0 heterocycles. The minimum absolute atomic E-state index is 0.0403. The van der Waals surface area contributed by atoms with E-state index >= 15 is 0 Å². The number of aryl methyl sites for hydroxylation is 1. The Balaban J connectivity index is 1.50. The van der Waals surface area contributed by atoms with Gasteiger partial charge >= 0.3 is 0 Å². The van der Waals surface area contributed by atoms with E-state index in [0.29, 0.717) is 5.69 Å². The lowest BCUT2D eigenvalue weighted by molar-refractivity contribution is -0.114. The van der Waals surface area contributed by atoms with Crippen molar-refractivity contribution < 1.29 is 17.6 Å². The first-order valence-corrected chi connectivity index (χ1v) is 13.7. The number of amides is 1. The second kappa shape index (κ2) is 11.4. The molecule has 0 unspecified atom stereocenters. The molecule has 0 bridgehead atoms. The molecule has 8 heteroatoms. The summed E-state index contributed by atoms with van der Waals surface area (Å²) in [5, 5.41) is 2.82. The van der Waals surface area contributed by atoms with Gasteiger partial charge in [0.1, 0.15) is 12.4 Å². The van der Waals surface area contributed by atoms with Crippen LogP contribution >= 0.6 is 11.8 Å². The average molecular weight is 521 g/mol. The summed E-state index contributed by atoms with van der Waals surface area (Å²) in [5.74, 6) is -0.220. The van der Waals surface area contributed by atoms with Gasteiger partial charge in [-0.2, -0.15) is 0 Å². The van der Waals surface area contributed by atoms with Crippen LogP contribution in [0.3, 0.4) is 0 Å². The fourth-order valence-corrected chi connectivity index (χ4v) is 5.91. The van der Waals surface area contributed by atoms with E-state index in [2.05, 4.69) is 17.4 Å². The van der Waals surface area contributed by atoms with Crippen LogP contribution in [0.1, 0.15) is 11.1 Å². The molecule has 0 aliphatic rings. The summed E-state index contributed by atoms with van der Waals surface area (Å²) >= 11 is 1.72. The molecule has 0 aliphatic heterocycles. The summed E-state index contributed by atoms with van der Waals surface area (Å²) in [6, 6.07) is 28.7. The van der Waals surface area contributed by atoms with E-state index in [1.165, 1.54) is 29.2 Å². The lowest BCUT2D eigenvalue weighted by atomic mass is 10.1. The molecule has 5 nitrogen and oxygen atoms in total. The SMILES string of the molecule is Cc1cc(CSc2ccccc2)ccc1NC(=O)CN(c1ccc(F)cc1)S(=O)(=O)c1ccccc1. The Hall–Kier alpha value is -3.62. The van der Waals surface area contributed by atoms with Crippen molar-refractivity contribution in [3.8, 4) is 0 Å². The van der Waals surface area contributed by atoms with Gasteiger partial charge in [0.05, 0.1) is 10.6 Å². The van der Waals surface area contributed by atoms with Gasteiger partial charge in [0, 0.05) is 16.3 Å². The van der Waals surface area contributed by atoms with Gasteiger partial charge in [-0.15, -0.1) is 11.8 Å².